The summed E-state index contributed by atoms with van der Waals surface area (Å²) in [5.41, 5.74) is 5.58. The van der Waals surface area contributed by atoms with Gasteiger partial charge in [-0.05, 0) is 60.4 Å². The number of nitrogens with zero attached hydrogens (tertiary/aromatic N) is 3. The van der Waals surface area contributed by atoms with Gasteiger partial charge < -0.3 is 0 Å². The van der Waals surface area contributed by atoms with E-state index >= 15 is 0 Å². The Morgan fingerprint density at radius 1 is 1.03 bits per heavy atom. The minimum Gasteiger partial charge on any atom is -0.271 e. The summed E-state index contributed by atoms with van der Waals surface area (Å²) in [6, 6.07) is 17.2. The quantitative estimate of drug-likeness (QED) is 0.417. The molecule has 0 bridgehead atoms. The van der Waals surface area contributed by atoms with E-state index in [1.165, 1.54) is 6.21 Å². The van der Waals surface area contributed by atoms with Crippen LogP contribution in [0, 0.1) is 6.92 Å². The summed E-state index contributed by atoms with van der Waals surface area (Å²) in [7, 11) is -3.96. The summed E-state index contributed by atoms with van der Waals surface area (Å²) in [4.78, 5) is 16.6. The largest absolute Gasteiger partial charge is 0.271 e. The number of carbonyl (C=O) groups is 1. The molecule has 1 N–H and O–H groups in total. The van der Waals surface area contributed by atoms with Crippen LogP contribution >= 0.6 is 0 Å². The molecule has 0 saturated heterocycles. The topological polar surface area (TPSA) is 91.7 Å². The van der Waals surface area contributed by atoms with E-state index in [2.05, 4.69) is 29.4 Å². The Hall–Kier alpha value is -3.52. The molecule has 0 aliphatic heterocycles. The van der Waals surface area contributed by atoms with Gasteiger partial charge in [0.05, 0.1) is 16.8 Å². The molecule has 2 aromatic carbocycles. The number of aryl methyl sites for hydroxylation is 1. The monoisotopic (exact) mass is 450 g/mol. The first-order valence-electron chi connectivity index (χ1n) is 10.2. The van der Waals surface area contributed by atoms with Crippen molar-refractivity contribution in [2.24, 2.45) is 5.10 Å². The van der Waals surface area contributed by atoms with E-state index in [0.717, 1.165) is 21.0 Å². The first-order valence-corrected chi connectivity index (χ1v) is 11.6. The molecule has 0 radical (unpaired) electrons. The lowest BCUT2D eigenvalue weighted by Gasteiger charge is -2.24. The highest BCUT2D eigenvalue weighted by Gasteiger charge is 2.27. The second kappa shape index (κ2) is 10.2. The molecule has 1 aromatic heterocycles. The Bertz CT molecular complexity index is 1170. The lowest BCUT2D eigenvalue weighted by molar-refractivity contribution is -0.119. The van der Waals surface area contributed by atoms with Crippen molar-refractivity contribution in [3.8, 4) is 0 Å². The molecule has 0 spiro atoms. The van der Waals surface area contributed by atoms with Gasteiger partial charge in [0.1, 0.15) is 6.54 Å². The minimum atomic E-state index is -3.96. The van der Waals surface area contributed by atoms with Crippen LogP contribution in [-0.4, -0.2) is 32.1 Å². The second-order valence-corrected chi connectivity index (χ2v) is 9.51. The van der Waals surface area contributed by atoms with Gasteiger partial charge >= 0.3 is 0 Å². The summed E-state index contributed by atoms with van der Waals surface area (Å²) >= 11 is 0. The molecule has 0 fully saturated rings. The maximum Gasteiger partial charge on any atom is 0.264 e. The lowest BCUT2D eigenvalue weighted by atomic mass is 10.0. The fourth-order valence-corrected chi connectivity index (χ4v) is 4.39. The zero-order valence-corrected chi connectivity index (χ0v) is 19.1. The van der Waals surface area contributed by atoms with Gasteiger partial charge in [-0.2, -0.15) is 5.10 Å². The summed E-state index contributed by atoms with van der Waals surface area (Å²) in [6.07, 6.45) is 4.69. The van der Waals surface area contributed by atoms with Crippen molar-refractivity contribution in [3.05, 3.63) is 89.7 Å². The predicted octanol–water partition coefficient (Wildman–Crippen LogP) is 3.86. The smallest absolute Gasteiger partial charge is 0.264 e. The van der Waals surface area contributed by atoms with Crippen molar-refractivity contribution in [1.82, 2.24) is 10.4 Å². The highest BCUT2D eigenvalue weighted by molar-refractivity contribution is 7.92. The number of sulfonamides is 1. The van der Waals surface area contributed by atoms with Crippen LogP contribution in [0.1, 0.15) is 36.5 Å². The normalized spacial score (nSPS) is 11.6. The number of amides is 1. The van der Waals surface area contributed by atoms with Crippen LogP contribution in [0.5, 0.6) is 0 Å². The molecule has 0 aliphatic rings. The summed E-state index contributed by atoms with van der Waals surface area (Å²) in [5.74, 6) is -0.254. The zero-order chi connectivity index (χ0) is 23.1. The van der Waals surface area contributed by atoms with Gasteiger partial charge in [0.25, 0.3) is 15.9 Å². The Morgan fingerprint density at radius 2 is 1.66 bits per heavy atom. The molecule has 166 valence electrons. The highest BCUT2D eigenvalue weighted by atomic mass is 32.2. The molecule has 0 unspecified atom stereocenters. The van der Waals surface area contributed by atoms with Crippen LogP contribution in [0.3, 0.4) is 0 Å². The van der Waals surface area contributed by atoms with Gasteiger partial charge in [-0.1, -0.05) is 43.7 Å². The fraction of sp³-hybridized carbons (Fsp3) is 0.208. The van der Waals surface area contributed by atoms with Crippen molar-refractivity contribution in [3.63, 3.8) is 0 Å². The van der Waals surface area contributed by atoms with Crippen molar-refractivity contribution >= 4 is 27.8 Å². The first kappa shape index (κ1) is 23.1. The number of anilines is 1. The number of rotatable bonds is 8. The van der Waals surface area contributed by atoms with Gasteiger partial charge in [0.2, 0.25) is 0 Å². The van der Waals surface area contributed by atoms with Crippen molar-refractivity contribution < 1.29 is 13.2 Å². The molecule has 0 aliphatic carbocycles. The van der Waals surface area contributed by atoms with Gasteiger partial charge in [-0.25, -0.2) is 13.8 Å². The molecule has 0 saturated carbocycles. The zero-order valence-electron chi connectivity index (χ0n) is 18.3. The molecule has 3 rings (SSSR count). The lowest BCUT2D eigenvalue weighted by Crippen LogP contribution is -2.39. The third kappa shape index (κ3) is 5.79. The number of hydrogen-bond donors (Lipinski definition) is 1. The van der Waals surface area contributed by atoms with E-state index < -0.39 is 22.5 Å². The molecule has 1 amide bonds. The van der Waals surface area contributed by atoms with E-state index in [-0.39, 0.29) is 4.90 Å². The van der Waals surface area contributed by atoms with Gasteiger partial charge in [0, 0.05) is 12.4 Å². The molecular weight excluding hydrogens is 424 g/mol. The molecule has 0 atom stereocenters. The number of aromatic nitrogens is 1. The van der Waals surface area contributed by atoms with Crippen LogP contribution in [0.4, 0.5) is 5.69 Å². The Balaban J connectivity index is 1.87. The van der Waals surface area contributed by atoms with E-state index in [0.29, 0.717) is 11.6 Å². The third-order valence-electron chi connectivity index (χ3n) is 4.85. The fourth-order valence-electron chi connectivity index (χ4n) is 2.97. The van der Waals surface area contributed by atoms with Gasteiger partial charge in [0.15, 0.2) is 0 Å². The van der Waals surface area contributed by atoms with E-state index in [1.54, 1.807) is 60.9 Å². The van der Waals surface area contributed by atoms with Crippen LogP contribution in [-0.2, 0) is 14.8 Å². The molecular formula is C24H26N4O3S. The number of hydrogen-bond acceptors (Lipinski definition) is 5. The van der Waals surface area contributed by atoms with Crippen LogP contribution in [0.25, 0.3) is 0 Å². The van der Waals surface area contributed by atoms with Gasteiger partial charge in [-0.3, -0.25) is 14.1 Å². The second-order valence-electron chi connectivity index (χ2n) is 7.64. The standard InChI is InChI=1S/C24H26N4O3S/c1-18(2)21-6-8-22(9-7-21)28(32(30,31)23-10-4-19(3)5-11-23)17-24(29)27-26-16-20-12-14-25-15-13-20/h4-16,18H,17H2,1-3H3,(H,27,29)/b26-16+. The van der Waals surface area contributed by atoms with E-state index in [4.69, 9.17) is 0 Å². The summed E-state index contributed by atoms with van der Waals surface area (Å²) in [6.45, 7) is 5.59. The Labute approximate surface area is 188 Å². The van der Waals surface area contributed by atoms with E-state index in [9.17, 15) is 13.2 Å². The highest BCUT2D eigenvalue weighted by Crippen LogP contribution is 2.26. The molecule has 32 heavy (non-hydrogen) atoms. The van der Waals surface area contributed by atoms with Crippen LogP contribution < -0.4 is 9.73 Å². The number of hydrazone groups is 1. The van der Waals surface area contributed by atoms with Crippen LogP contribution in [0.2, 0.25) is 0 Å². The van der Waals surface area contributed by atoms with Gasteiger partial charge in [-0.15, -0.1) is 0 Å². The first-order chi connectivity index (χ1) is 15.3. The van der Waals surface area contributed by atoms with Crippen molar-refractivity contribution in [1.29, 1.82) is 0 Å². The van der Waals surface area contributed by atoms with Crippen molar-refractivity contribution in [2.45, 2.75) is 31.6 Å². The number of benzene rings is 2. The van der Waals surface area contributed by atoms with E-state index in [1.807, 2.05) is 19.1 Å². The third-order valence-corrected chi connectivity index (χ3v) is 6.64. The maximum absolute atomic E-state index is 13.4. The van der Waals surface area contributed by atoms with Crippen molar-refractivity contribution in [2.75, 3.05) is 10.8 Å². The molecule has 8 heteroatoms. The average Bonchev–Trinajstić information content (AvgIpc) is 2.78. The number of carbonyl (C=O) groups excluding carboxylic acids is 1. The molecule has 1 heterocycles. The predicted molar refractivity (Wildman–Crippen MR) is 126 cm³/mol. The Morgan fingerprint density at radius 3 is 2.25 bits per heavy atom. The summed E-state index contributed by atoms with van der Waals surface area (Å²) in [5, 5.41) is 3.92. The molecule has 7 nitrogen and oxygen atoms in total. The summed E-state index contributed by atoms with van der Waals surface area (Å²) < 4.78 is 27.9. The maximum atomic E-state index is 13.4. The average molecular weight is 451 g/mol. The van der Waals surface area contributed by atoms with Crippen LogP contribution in [0.15, 0.2) is 83.1 Å². The number of nitrogens with one attached hydrogen (secondary N) is 1. The minimum absolute atomic E-state index is 0.115. The molecule has 3 aromatic rings. The number of pyridine rings is 1. The SMILES string of the molecule is Cc1ccc(S(=O)(=O)N(CC(=O)N/N=C/c2ccncc2)c2ccc(C(C)C)cc2)cc1. The Kier molecular flexibility index (Phi) is 7.37.